The Bertz CT molecular complexity index is 431. The predicted molar refractivity (Wildman–Crippen MR) is 78.3 cm³/mol. The van der Waals surface area contributed by atoms with E-state index >= 15 is 0 Å². The molecule has 3 heteroatoms. The Balaban J connectivity index is 1.80. The van der Waals surface area contributed by atoms with Gasteiger partial charge in [0, 0.05) is 29.3 Å². The van der Waals surface area contributed by atoms with Crippen LogP contribution in [0.25, 0.3) is 0 Å². The van der Waals surface area contributed by atoms with E-state index < -0.39 is 0 Å². The van der Waals surface area contributed by atoms with E-state index in [2.05, 4.69) is 37.0 Å². The van der Waals surface area contributed by atoms with Gasteiger partial charge in [-0.1, -0.05) is 12.8 Å². The van der Waals surface area contributed by atoms with Crippen molar-refractivity contribution in [2.45, 2.75) is 83.3 Å². The maximum atomic E-state index is 4.74. The maximum absolute atomic E-state index is 4.74. The fourth-order valence-electron chi connectivity index (χ4n) is 3.15. The molecule has 2 aliphatic rings. The van der Waals surface area contributed by atoms with Crippen molar-refractivity contribution in [3.8, 4) is 0 Å². The Morgan fingerprint density at radius 2 is 1.89 bits per heavy atom. The predicted octanol–water partition coefficient (Wildman–Crippen LogP) is 3.76. The monoisotopic (exact) mass is 261 g/mol. The molecular formula is C16H27N3. The average Bonchev–Trinajstić information content (AvgIpc) is 2.90. The highest BCUT2D eigenvalue weighted by Crippen LogP contribution is 2.44. The summed E-state index contributed by atoms with van der Waals surface area (Å²) >= 11 is 0. The van der Waals surface area contributed by atoms with E-state index in [4.69, 9.17) is 5.10 Å². The summed E-state index contributed by atoms with van der Waals surface area (Å²) in [5.41, 5.74) is 3.16. The Hall–Kier alpha value is -0.830. The van der Waals surface area contributed by atoms with E-state index in [1.807, 2.05) is 0 Å². The molecule has 0 aromatic carbocycles. The van der Waals surface area contributed by atoms with Gasteiger partial charge in [-0.3, -0.25) is 4.68 Å². The lowest BCUT2D eigenvalue weighted by Crippen LogP contribution is -2.35. The van der Waals surface area contributed by atoms with Crippen LogP contribution in [0.2, 0.25) is 0 Å². The van der Waals surface area contributed by atoms with Crippen LogP contribution in [-0.2, 0) is 6.54 Å². The summed E-state index contributed by atoms with van der Waals surface area (Å²) in [5.74, 6) is 0.792. The summed E-state index contributed by atoms with van der Waals surface area (Å²) in [4.78, 5) is 0. The number of rotatable bonds is 4. The third-order valence-electron chi connectivity index (χ3n) is 4.36. The minimum Gasteiger partial charge on any atom is -0.308 e. The molecule has 1 aromatic heterocycles. The standard InChI is InChI=1S/C16H27N3/c1-16(2,3)17-10-13-11-18-19(14-6-4-5-7-14)15(13)12-8-9-12/h11-12,14,17H,4-10H2,1-3H3. The summed E-state index contributed by atoms with van der Waals surface area (Å²) in [6, 6.07) is 0.680. The quantitative estimate of drug-likeness (QED) is 0.894. The van der Waals surface area contributed by atoms with Crippen LogP contribution >= 0.6 is 0 Å². The van der Waals surface area contributed by atoms with Crippen LogP contribution in [0.3, 0.4) is 0 Å². The van der Waals surface area contributed by atoms with Crippen LogP contribution in [0.5, 0.6) is 0 Å². The van der Waals surface area contributed by atoms with Gasteiger partial charge in [0.25, 0.3) is 0 Å². The zero-order valence-corrected chi connectivity index (χ0v) is 12.6. The molecule has 2 aliphatic carbocycles. The molecule has 2 saturated carbocycles. The van der Waals surface area contributed by atoms with Crippen molar-refractivity contribution < 1.29 is 0 Å². The lowest BCUT2D eigenvalue weighted by Gasteiger charge is -2.21. The Kier molecular flexibility index (Phi) is 3.42. The second kappa shape index (κ2) is 4.93. The smallest absolute Gasteiger partial charge is 0.0537 e. The molecule has 0 radical (unpaired) electrons. The maximum Gasteiger partial charge on any atom is 0.0537 e. The van der Waals surface area contributed by atoms with Crippen molar-refractivity contribution in [2.75, 3.05) is 0 Å². The topological polar surface area (TPSA) is 29.9 Å². The summed E-state index contributed by atoms with van der Waals surface area (Å²) in [6.07, 6.45) is 10.3. The first-order valence-corrected chi connectivity index (χ1v) is 7.86. The number of nitrogens with one attached hydrogen (secondary N) is 1. The minimum atomic E-state index is 0.177. The van der Waals surface area contributed by atoms with Crippen molar-refractivity contribution >= 4 is 0 Å². The van der Waals surface area contributed by atoms with Gasteiger partial charge in [-0.25, -0.2) is 0 Å². The number of hydrogen-bond acceptors (Lipinski definition) is 2. The fourth-order valence-corrected chi connectivity index (χ4v) is 3.15. The average molecular weight is 261 g/mol. The van der Waals surface area contributed by atoms with E-state index in [1.54, 1.807) is 5.69 Å². The van der Waals surface area contributed by atoms with Gasteiger partial charge in [0.05, 0.1) is 12.2 Å². The van der Waals surface area contributed by atoms with Gasteiger partial charge in [0.1, 0.15) is 0 Å². The van der Waals surface area contributed by atoms with Crippen LogP contribution in [0.4, 0.5) is 0 Å². The Morgan fingerprint density at radius 3 is 2.47 bits per heavy atom. The van der Waals surface area contributed by atoms with Gasteiger partial charge in [0.2, 0.25) is 0 Å². The molecule has 1 aromatic rings. The second-order valence-electron chi connectivity index (χ2n) is 7.32. The molecule has 0 bridgehead atoms. The highest BCUT2D eigenvalue weighted by Gasteiger charge is 2.33. The van der Waals surface area contributed by atoms with Gasteiger partial charge in [-0.2, -0.15) is 5.10 Å². The van der Waals surface area contributed by atoms with Crippen LogP contribution in [-0.4, -0.2) is 15.3 Å². The first kappa shape index (κ1) is 13.2. The highest BCUT2D eigenvalue weighted by atomic mass is 15.3. The molecule has 3 rings (SSSR count). The molecule has 1 heterocycles. The van der Waals surface area contributed by atoms with Crippen LogP contribution in [0, 0.1) is 0 Å². The van der Waals surface area contributed by atoms with Gasteiger partial charge < -0.3 is 5.32 Å². The van der Waals surface area contributed by atoms with Crippen LogP contribution < -0.4 is 5.32 Å². The van der Waals surface area contributed by atoms with E-state index in [-0.39, 0.29) is 5.54 Å². The molecule has 0 atom stereocenters. The van der Waals surface area contributed by atoms with Gasteiger partial charge in [0.15, 0.2) is 0 Å². The van der Waals surface area contributed by atoms with Gasteiger partial charge in [-0.05, 0) is 46.5 Å². The van der Waals surface area contributed by atoms with Crippen molar-refractivity contribution in [3.05, 3.63) is 17.5 Å². The van der Waals surface area contributed by atoms with E-state index in [0.29, 0.717) is 6.04 Å². The number of nitrogens with zero attached hydrogens (tertiary/aromatic N) is 2. The van der Waals surface area contributed by atoms with Crippen LogP contribution in [0.15, 0.2) is 6.20 Å². The Morgan fingerprint density at radius 1 is 1.21 bits per heavy atom. The van der Waals surface area contributed by atoms with Gasteiger partial charge >= 0.3 is 0 Å². The molecule has 3 nitrogen and oxygen atoms in total. The van der Waals surface area contributed by atoms with E-state index in [9.17, 15) is 0 Å². The lowest BCUT2D eigenvalue weighted by molar-refractivity contribution is 0.420. The minimum absolute atomic E-state index is 0.177. The first-order valence-electron chi connectivity index (χ1n) is 7.86. The summed E-state index contributed by atoms with van der Waals surface area (Å²) in [6.45, 7) is 7.64. The van der Waals surface area contributed by atoms with Crippen molar-refractivity contribution in [2.24, 2.45) is 0 Å². The molecule has 19 heavy (non-hydrogen) atoms. The molecule has 0 amide bonds. The van der Waals surface area contributed by atoms with Crippen LogP contribution in [0.1, 0.15) is 82.5 Å². The van der Waals surface area contributed by atoms with E-state index in [1.165, 1.54) is 44.1 Å². The summed E-state index contributed by atoms with van der Waals surface area (Å²) in [7, 11) is 0. The third-order valence-corrected chi connectivity index (χ3v) is 4.36. The number of aromatic nitrogens is 2. The Labute approximate surface area is 116 Å². The number of hydrogen-bond donors (Lipinski definition) is 1. The normalized spacial score (nSPS) is 21.2. The largest absolute Gasteiger partial charge is 0.308 e. The molecular weight excluding hydrogens is 234 g/mol. The zero-order chi connectivity index (χ0) is 13.5. The summed E-state index contributed by atoms with van der Waals surface area (Å²) in [5, 5.41) is 8.35. The van der Waals surface area contributed by atoms with Crippen molar-refractivity contribution in [1.29, 1.82) is 0 Å². The molecule has 0 unspecified atom stereocenters. The lowest BCUT2D eigenvalue weighted by atomic mass is 10.1. The molecule has 106 valence electrons. The second-order valence-corrected chi connectivity index (χ2v) is 7.32. The molecule has 1 N–H and O–H groups in total. The molecule has 0 aliphatic heterocycles. The fraction of sp³-hybridized carbons (Fsp3) is 0.812. The third kappa shape index (κ3) is 3.02. The molecule has 0 saturated heterocycles. The molecule has 0 spiro atoms. The SMILES string of the molecule is CC(C)(C)NCc1cnn(C2CCCC2)c1C1CC1. The highest BCUT2D eigenvalue weighted by molar-refractivity contribution is 5.26. The first-order chi connectivity index (χ1) is 9.04. The zero-order valence-electron chi connectivity index (χ0n) is 12.6. The van der Waals surface area contributed by atoms with E-state index in [0.717, 1.165) is 12.5 Å². The molecule has 2 fully saturated rings. The van der Waals surface area contributed by atoms with Crippen molar-refractivity contribution in [3.63, 3.8) is 0 Å². The summed E-state index contributed by atoms with van der Waals surface area (Å²) < 4.78 is 2.38. The van der Waals surface area contributed by atoms with Gasteiger partial charge in [-0.15, -0.1) is 0 Å². The van der Waals surface area contributed by atoms with Crippen molar-refractivity contribution in [1.82, 2.24) is 15.1 Å².